The van der Waals surface area contributed by atoms with Gasteiger partial charge in [-0.05, 0) is 32.0 Å². The number of aryl methyl sites for hydroxylation is 2. The van der Waals surface area contributed by atoms with Crippen LogP contribution < -0.4 is 15.6 Å². The van der Waals surface area contributed by atoms with Crippen molar-refractivity contribution in [2.45, 2.75) is 20.3 Å². The highest BCUT2D eigenvalue weighted by atomic mass is 19.1. The fourth-order valence-electron chi connectivity index (χ4n) is 1.93. The Bertz CT molecular complexity index is 712. The molecule has 0 aliphatic carbocycles. The summed E-state index contributed by atoms with van der Waals surface area (Å²) in [6.07, 6.45) is -0.0298. The number of hydrogen-bond acceptors (Lipinski definition) is 4. The van der Waals surface area contributed by atoms with Crippen LogP contribution in [0.1, 0.15) is 28.3 Å². The van der Waals surface area contributed by atoms with Crippen LogP contribution in [-0.4, -0.2) is 18.4 Å². The molecule has 1 heterocycles. The van der Waals surface area contributed by atoms with E-state index < -0.39 is 17.6 Å². The van der Waals surface area contributed by atoms with Crippen molar-refractivity contribution < 1.29 is 23.1 Å². The third-order valence-corrected chi connectivity index (χ3v) is 3.02. The molecule has 23 heavy (non-hydrogen) atoms. The van der Waals surface area contributed by atoms with Crippen LogP contribution in [0, 0.1) is 19.7 Å². The van der Waals surface area contributed by atoms with E-state index in [1.807, 2.05) is 0 Å². The molecule has 1 aromatic carbocycles. The van der Waals surface area contributed by atoms with Gasteiger partial charge in [0.15, 0.2) is 11.6 Å². The van der Waals surface area contributed by atoms with Crippen LogP contribution in [0.25, 0.3) is 0 Å². The Morgan fingerprint density at radius 2 is 1.96 bits per heavy atom. The zero-order valence-corrected chi connectivity index (χ0v) is 12.8. The Kier molecular flexibility index (Phi) is 5.35. The quantitative estimate of drug-likeness (QED) is 0.828. The van der Waals surface area contributed by atoms with E-state index in [1.165, 1.54) is 12.1 Å². The Morgan fingerprint density at radius 3 is 2.61 bits per heavy atom. The number of hydrazine groups is 1. The number of halogens is 1. The van der Waals surface area contributed by atoms with Crippen molar-refractivity contribution in [1.29, 1.82) is 0 Å². The highest BCUT2D eigenvalue weighted by molar-refractivity contribution is 5.96. The molecule has 2 rings (SSSR count). The number of carbonyl (C=O) groups is 2. The Hall–Kier alpha value is -2.83. The molecule has 2 aromatic rings. The molecule has 2 amide bonds. The molecule has 0 spiro atoms. The molecule has 122 valence electrons. The molecule has 2 N–H and O–H groups in total. The molecular formula is C16H17FN2O4. The lowest BCUT2D eigenvalue weighted by atomic mass is 10.2. The smallest absolute Gasteiger partial charge is 0.273 e. The fourth-order valence-corrected chi connectivity index (χ4v) is 1.93. The lowest BCUT2D eigenvalue weighted by Gasteiger charge is -2.08. The molecular weight excluding hydrogens is 303 g/mol. The first-order chi connectivity index (χ1) is 11.0. The minimum absolute atomic E-state index is 0.00746. The Labute approximate surface area is 132 Å². The summed E-state index contributed by atoms with van der Waals surface area (Å²) in [5.74, 6) is -0.259. The number of rotatable bonds is 5. The van der Waals surface area contributed by atoms with Crippen molar-refractivity contribution in [1.82, 2.24) is 10.9 Å². The molecule has 0 unspecified atom stereocenters. The molecule has 0 radical (unpaired) electrons. The molecule has 0 aliphatic rings. The van der Waals surface area contributed by atoms with Crippen LogP contribution in [0.15, 0.2) is 34.7 Å². The van der Waals surface area contributed by atoms with Crippen LogP contribution in [0.2, 0.25) is 0 Å². The summed E-state index contributed by atoms with van der Waals surface area (Å²) in [6, 6.07) is 7.50. The number of furan rings is 1. The number of benzene rings is 1. The minimum atomic E-state index is -0.494. The van der Waals surface area contributed by atoms with E-state index in [-0.39, 0.29) is 18.8 Å². The maximum absolute atomic E-state index is 13.3. The van der Waals surface area contributed by atoms with Gasteiger partial charge in [0.25, 0.3) is 5.91 Å². The zero-order chi connectivity index (χ0) is 16.8. The van der Waals surface area contributed by atoms with Crippen LogP contribution >= 0.6 is 0 Å². The van der Waals surface area contributed by atoms with Crippen molar-refractivity contribution in [3.63, 3.8) is 0 Å². The molecule has 7 heteroatoms. The Balaban J connectivity index is 1.74. The summed E-state index contributed by atoms with van der Waals surface area (Å²) in [7, 11) is 0. The van der Waals surface area contributed by atoms with Crippen LogP contribution in [-0.2, 0) is 4.79 Å². The van der Waals surface area contributed by atoms with Gasteiger partial charge in [-0.25, -0.2) is 4.39 Å². The number of para-hydroxylation sites is 1. The van der Waals surface area contributed by atoms with Crippen molar-refractivity contribution in [3.8, 4) is 5.75 Å². The van der Waals surface area contributed by atoms with Crippen molar-refractivity contribution in [2.24, 2.45) is 0 Å². The van der Waals surface area contributed by atoms with Crippen LogP contribution in [0.3, 0.4) is 0 Å². The standard InChI is InChI=1S/C16H17FN2O4/c1-10-9-12(11(2)23-10)16(21)19-18-15(20)7-8-22-14-6-4-3-5-13(14)17/h3-6,9H,7-8H2,1-2H3,(H,18,20)(H,19,21). The van der Waals surface area contributed by atoms with Gasteiger partial charge in [-0.15, -0.1) is 0 Å². The van der Waals surface area contributed by atoms with Gasteiger partial charge in [-0.1, -0.05) is 12.1 Å². The van der Waals surface area contributed by atoms with Gasteiger partial charge in [0.1, 0.15) is 11.5 Å². The number of nitrogens with one attached hydrogen (secondary N) is 2. The summed E-state index contributed by atoms with van der Waals surface area (Å²) in [5.41, 5.74) is 4.90. The van der Waals surface area contributed by atoms with Crippen molar-refractivity contribution >= 4 is 11.8 Å². The van der Waals surface area contributed by atoms with Crippen molar-refractivity contribution in [2.75, 3.05) is 6.61 Å². The number of ether oxygens (including phenoxy) is 1. The van der Waals surface area contributed by atoms with E-state index in [9.17, 15) is 14.0 Å². The summed E-state index contributed by atoms with van der Waals surface area (Å²) in [4.78, 5) is 23.5. The topological polar surface area (TPSA) is 80.6 Å². The molecule has 0 fully saturated rings. The average Bonchev–Trinajstić information content (AvgIpc) is 2.85. The number of carbonyl (C=O) groups excluding carboxylic acids is 2. The molecule has 0 saturated carbocycles. The van der Waals surface area contributed by atoms with Gasteiger partial charge < -0.3 is 9.15 Å². The maximum atomic E-state index is 13.3. The van der Waals surface area contributed by atoms with E-state index in [0.717, 1.165) is 0 Å². The molecule has 1 aromatic heterocycles. The molecule has 0 atom stereocenters. The van der Waals surface area contributed by atoms with Crippen molar-refractivity contribution in [3.05, 3.63) is 53.2 Å². The predicted octanol–water partition coefficient (Wildman–Crippen LogP) is 2.27. The second-order valence-corrected chi connectivity index (χ2v) is 4.86. The maximum Gasteiger partial charge on any atom is 0.273 e. The average molecular weight is 320 g/mol. The fraction of sp³-hybridized carbons (Fsp3) is 0.250. The summed E-state index contributed by atoms with van der Waals surface area (Å²) in [5, 5.41) is 0. The lowest BCUT2D eigenvalue weighted by molar-refractivity contribution is -0.122. The minimum Gasteiger partial charge on any atom is -0.490 e. The van der Waals surface area contributed by atoms with E-state index in [0.29, 0.717) is 17.1 Å². The lowest BCUT2D eigenvalue weighted by Crippen LogP contribution is -2.42. The molecule has 0 saturated heterocycles. The zero-order valence-electron chi connectivity index (χ0n) is 12.8. The SMILES string of the molecule is Cc1cc(C(=O)NNC(=O)CCOc2ccccc2F)c(C)o1. The van der Waals surface area contributed by atoms with Gasteiger partial charge >= 0.3 is 0 Å². The molecule has 6 nitrogen and oxygen atoms in total. The second-order valence-electron chi connectivity index (χ2n) is 4.86. The van der Waals surface area contributed by atoms with Gasteiger partial charge in [-0.3, -0.25) is 20.4 Å². The largest absolute Gasteiger partial charge is 0.490 e. The van der Waals surface area contributed by atoms with Gasteiger partial charge in [0.2, 0.25) is 5.91 Å². The van der Waals surface area contributed by atoms with Gasteiger partial charge in [0, 0.05) is 0 Å². The van der Waals surface area contributed by atoms with E-state index >= 15 is 0 Å². The highest BCUT2D eigenvalue weighted by Gasteiger charge is 2.14. The van der Waals surface area contributed by atoms with E-state index in [4.69, 9.17) is 9.15 Å². The summed E-state index contributed by atoms with van der Waals surface area (Å²) >= 11 is 0. The first kappa shape index (κ1) is 16.5. The summed E-state index contributed by atoms with van der Waals surface area (Å²) < 4.78 is 23.7. The first-order valence-corrected chi connectivity index (χ1v) is 7.01. The van der Waals surface area contributed by atoms with E-state index in [1.54, 1.807) is 32.0 Å². The Morgan fingerprint density at radius 1 is 1.22 bits per heavy atom. The third-order valence-electron chi connectivity index (χ3n) is 3.02. The predicted molar refractivity (Wildman–Crippen MR) is 80.3 cm³/mol. The second kappa shape index (κ2) is 7.44. The normalized spacial score (nSPS) is 10.2. The first-order valence-electron chi connectivity index (χ1n) is 7.01. The van der Waals surface area contributed by atoms with E-state index in [2.05, 4.69) is 10.9 Å². The van der Waals surface area contributed by atoms with Crippen LogP contribution in [0.4, 0.5) is 4.39 Å². The molecule has 0 aliphatic heterocycles. The third kappa shape index (κ3) is 4.57. The highest BCUT2D eigenvalue weighted by Crippen LogP contribution is 2.15. The number of hydrogen-bond donors (Lipinski definition) is 2. The number of amides is 2. The summed E-state index contributed by atoms with van der Waals surface area (Å²) in [6.45, 7) is 3.38. The molecule has 0 bridgehead atoms. The van der Waals surface area contributed by atoms with Gasteiger partial charge in [-0.2, -0.15) is 0 Å². The van der Waals surface area contributed by atoms with Crippen LogP contribution in [0.5, 0.6) is 5.75 Å². The monoisotopic (exact) mass is 320 g/mol. The van der Waals surface area contributed by atoms with Gasteiger partial charge in [0.05, 0.1) is 18.6 Å².